The lowest BCUT2D eigenvalue weighted by Gasteiger charge is -2.29. The number of nitrogens with two attached hydrogens (primary N) is 1. The van der Waals surface area contributed by atoms with Crippen molar-refractivity contribution in [1.82, 2.24) is 4.90 Å². The Morgan fingerprint density at radius 2 is 2.12 bits per heavy atom. The summed E-state index contributed by atoms with van der Waals surface area (Å²) >= 11 is 0. The van der Waals surface area contributed by atoms with Crippen LogP contribution >= 0.6 is 0 Å². The largest absolute Gasteiger partial charge is 0.395 e. The smallest absolute Gasteiger partial charge is 0.394 e. The maximum absolute atomic E-state index is 12.5. The lowest BCUT2D eigenvalue weighted by atomic mass is 10.0. The van der Waals surface area contributed by atoms with E-state index in [0.717, 1.165) is 6.42 Å². The van der Waals surface area contributed by atoms with E-state index in [1.165, 1.54) is 0 Å². The van der Waals surface area contributed by atoms with Crippen LogP contribution in [0.5, 0.6) is 0 Å². The highest BCUT2D eigenvalue weighted by molar-refractivity contribution is 4.86. The highest BCUT2D eigenvalue weighted by atomic mass is 19.4. The first kappa shape index (κ1) is 13.7. The molecule has 1 heterocycles. The third-order valence-corrected chi connectivity index (χ3v) is 3.39. The topological polar surface area (TPSA) is 49.5 Å². The standard InChI is InChI=1S/C10H19F3N2O/c1-7-2-3-15(9(7)6-16)5-8(4-14)10(11,12)13/h7-9,16H,2-6,14H2,1H3. The Hall–Kier alpha value is -0.330. The van der Waals surface area contributed by atoms with Gasteiger partial charge in [-0.25, -0.2) is 0 Å². The molecule has 0 aromatic heterocycles. The summed E-state index contributed by atoms with van der Waals surface area (Å²) in [6.07, 6.45) is -3.42. The number of likely N-dealkylation sites (tertiary alicyclic amines) is 1. The summed E-state index contributed by atoms with van der Waals surface area (Å²) in [5, 5.41) is 9.14. The summed E-state index contributed by atoms with van der Waals surface area (Å²) in [6.45, 7) is 1.98. The van der Waals surface area contributed by atoms with E-state index in [-0.39, 0.29) is 25.1 Å². The van der Waals surface area contributed by atoms with Gasteiger partial charge in [0.1, 0.15) is 0 Å². The van der Waals surface area contributed by atoms with Crippen LogP contribution in [0.15, 0.2) is 0 Å². The molecule has 3 unspecified atom stereocenters. The zero-order chi connectivity index (χ0) is 12.3. The lowest BCUT2D eigenvalue weighted by Crippen LogP contribution is -2.44. The van der Waals surface area contributed by atoms with E-state index in [9.17, 15) is 13.2 Å². The van der Waals surface area contributed by atoms with Crippen LogP contribution in [-0.2, 0) is 0 Å². The van der Waals surface area contributed by atoms with E-state index < -0.39 is 18.6 Å². The molecule has 0 saturated carbocycles. The highest BCUT2D eigenvalue weighted by Gasteiger charge is 2.42. The van der Waals surface area contributed by atoms with Crippen molar-refractivity contribution in [3.63, 3.8) is 0 Å². The van der Waals surface area contributed by atoms with E-state index in [4.69, 9.17) is 10.8 Å². The van der Waals surface area contributed by atoms with Gasteiger partial charge in [-0.2, -0.15) is 13.2 Å². The predicted octanol–water partition coefficient (Wildman–Crippen LogP) is 0.826. The molecule has 0 spiro atoms. The van der Waals surface area contributed by atoms with E-state index >= 15 is 0 Å². The van der Waals surface area contributed by atoms with Gasteiger partial charge in [0.25, 0.3) is 0 Å². The minimum absolute atomic E-state index is 0.0870. The van der Waals surface area contributed by atoms with Crippen molar-refractivity contribution >= 4 is 0 Å². The third-order valence-electron chi connectivity index (χ3n) is 3.39. The fraction of sp³-hybridized carbons (Fsp3) is 1.00. The second-order valence-corrected chi connectivity index (χ2v) is 4.49. The number of alkyl halides is 3. The van der Waals surface area contributed by atoms with Gasteiger partial charge < -0.3 is 10.8 Å². The van der Waals surface area contributed by atoms with Crippen LogP contribution < -0.4 is 5.73 Å². The molecule has 3 atom stereocenters. The molecule has 1 aliphatic rings. The van der Waals surface area contributed by atoms with E-state index in [2.05, 4.69) is 0 Å². The average Bonchev–Trinajstić information content (AvgIpc) is 2.53. The summed E-state index contributed by atoms with van der Waals surface area (Å²) < 4.78 is 37.6. The molecule has 1 aliphatic heterocycles. The molecule has 0 aromatic carbocycles. The molecule has 0 radical (unpaired) electrons. The molecular formula is C10H19F3N2O. The van der Waals surface area contributed by atoms with Gasteiger partial charge in [0, 0.05) is 19.1 Å². The number of aliphatic hydroxyl groups excluding tert-OH is 1. The Morgan fingerprint density at radius 3 is 2.56 bits per heavy atom. The van der Waals surface area contributed by atoms with Crippen LogP contribution in [0.25, 0.3) is 0 Å². The molecule has 16 heavy (non-hydrogen) atoms. The van der Waals surface area contributed by atoms with Crippen LogP contribution in [0.4, 0.5) is 13.2 Å². The fourth-order valence-corrected chi connectivity index (χ4v) is 2.20. The van der Waals surface area contributed by atoms with Crippen LogP contribution in [0.2, 0.25) is 0 Å². The summed E-state index contributed by atoms with van der Waals surface area (Å²) in [5.74, 6) is -1.25. The Morgan fingerprint density at radius 1 is 1.50 bits per heavy atom. The Kier molecular flexibility index (Phi) is 4.58. The van der Waals surface area contributed by atoms with Gasteiger partial charge in [-0.05, 0) is 18.9 Å². The second kappa shape index (κ2) is 5.33. The molecule has 1 saturated heterocycles. The first-order valence-electron chi connectivity index (χ1n) is 5.51. The zero-order valence-electron chi connectivity index (χ0n) is 9.37. The van der Waals surface area contributed by atoms with E-state index in [1.54, 1.807) is 4.90 Å². The molecule has 0 aliphatic carbocycles. The van der Waals surface area contributed by atoms with Gasteiger partial charge in [0.05, 0.1) is 12.5 Å². The molecule has 0 aromatic rings. The maximum atomic E-state index is 12.5. The molecule has 1 fully saturated rings. The maximum Gasteiger partial charge on any atom is 0.394 e. The number of hydrogen-bond donors (Lipinski definition) is 2. The average molecular weight is 240 g/mol. The Balaban J connectivity index is 2.59. The lowest BCUT2D eigenvalue weighted by molar-refractivity contribution is -0.177. The first-order chi connectivity index (χ1) is 7.40. The zero-order valence-corrected chi connectivity index (χ0v) is 9.37. The van der Waals surface area contributed by atoms with Gasteiger partial charge in [-0.3, -0.25) is 4.90 Å². The molecule has 3 N–H and O–H groups in total. The molecular weight excluding hydrogens is 221 g/mol. The first-order valence-corrected chi connectivity index (χ1v) is 5.51. The molecule has 96 valence electrons. The predicted molar refractivity (Wildman–Crippen MR) is 54.8 cm³/mol. The van der Waals surface area contributed by atoms with Crippen LogP contribution in [0.1, 0.15) is 13.3 Å². The summed E-state index contributed by atoms with van der Waals surface area (Å²) in [4.78, 5) is 1.70. The fourth-order valence-electron chi connectivity index (χ4n) is 2.20. The molecule has 0 amide bonds. The minimum atomic E-state index is -4.25. The number of nitrogens with zero attached hydrogens (tertiary/aromatic N) is 1. The monoisotopic (exact) mass is 240 g/mol. The van der Waals surface area contributed by atoms with Crippen molar-refractivity contribution in [2.24, 2.45) is 17.6 Å². The highest BCUT2D eigenvalue weighted by Crippen LogP contribution is 2.30. The summed E-state index contributed by atoms with van der Waals surface area (Å²) in [7, 11) is 0. The number of halogens is 3. The van der Waals surface area contributed by atoms with Gasteiger partial charge >= 0.3 is 6.18 Å². The van der Waals surface area contributed by atoms with Crippen LogP contribution in [-0.4, -0.2) is 48.5 Å². The van der Waals surface area contributed by atoms with E-state index in [1.807, 2.05) is 6.92 Å². The van der Waals surface area contributed by atoms with Crippen molar-refractivity contribution in [2.75, 3.05) is 26.2 Å². The molecule has 1 rings (SSSR count). The quantitative estimate of drug-likeness (QED) is 0.765. The van der Waals surface area contributed by atoms with E-state index in [0.29, 0.717) is 6.54 Å². The van der Waals surface area contributed by atoms with Crippen molar-refractivity contribution in [3.8, 4) is 0 Å². The normalized spacial score (nSPS) is 29.6. The number of aliphatic hydroxyl groups is 1. The minimum Gasteiger partial charge on any atom is -0.395 e. The summed E-state index contributed by atoms with van der Waals surface area (Å²) in [6, 6.07) is -0.156. The second-order valence-electron chi connectivity index (χ2n) is 4.49. The van der Waals surface area contributed by atoms with Gasteiger partial charge in [-0.1, -0.05) is 6.92 Å². The SMILES string of the molecule is CC1CCN(CC(CN)C(F)(F)F)C1CO. The van der Waals surface area contributed by atoms with Crippen molar-refractivity contribution in [3.05, 3.63) is 0 Å². The Labute approximate surface area is 93.4 Å². The molecule has 6 heteroatoms. The van der Waals surface area contributed by atoms with Gasteiger partial charge in [0.15, 0.2) is 0 Å². The van der Waals surface area contributed by atoms with Crippen molar-refractivity contribution in [2.45, 2.75) is 25.6 Å². The Bertz CT molecular complexity index is 223. The number of hydrogen-bond acceptors (Lipinski definition) is 3. The molecule has 3 nitrogen and oxygen atoms in total. The van der Waals surface area contributed by atoms with Crippen LogP contribution in [0.3, 0.4) is 0 Å². The third kappa shape index (κ3) is 3.09. The van der Waals surface area contributed by atoms with Crippen LogP contribution in [0, 0.1) is 11.8 Å². The van der Waals surface area contributed by atoms with Crippen molar-refractivity contribution < 1.29 is 18.3 Å². The van der Waals surface area contributed by atoms with Gasteiger partial charge in [-0.15, -0.1) is 0 Å². The van der Waals surface area contributed by atoms with Gasteiger partial charge in [0.2, 0.25) is 0 Å². The van der Waals surface area contributed by atoms with Crippen molar-refractivity contribution in [1.29, 1.82) is 0 Å². The number of rotatable bonds is 4. The summed E-state index contributed by atoms with van der Waals surface area (Å²) in [5.41, 5.74) is 5.15. The molecule has 0 bridgehead atoms.